The van der Waals surface area contributed by atoms with Crippen molar-refractivity contribution in [3.63, 3.8) is 0 Å². The van der Waals surface area contributed by atoms with E-state index in [1.807, 2.05) is 25.1 Å². The van der Waals surface area contributed by atoms with Gasteiger partial charge in [0.2, 0.25) is 10.0 Å². The highest BCUT2D eigenvalue weighted by atomic mass is 32.2. The molecule has 1 amide bonds. The highest BCUT2D eigenvalue weighted by Crippen LogP contribution is 2.34. The fraction of sp³-hybridized carbons (Fsp3) is 0.435. The van der Waals surface area contributed by atoms with Gasteiger partial charge in [-0.15, -0.1) is 0 Å². The minimum atomic E-state index is -3.74. The molecule has 6 nitrogen and oxygen atoms in total. The molecule has 4 rings (SSSR count). The van der Waals surface area contributed by atoms with Gasteiger partial charge in [0, 0.05) is 25.2 Å². The van der Waals surface area contributed by atoms with Gasteiger partial charge in [0.05, 0.1) is 12.8 Å². The monoisotopic (exact) mass is 428 g/mol. The number of hydrogen-bond acceptors (Lipinski definition) is 4. The second-order valence-corrected chi connectivity index (χ2v) is 9.88. The molecule has 0 aromatic heterocycles. The van der Waals surface area contributed by atoms with Gasteiger partial charge in [-0.25, -0.2) is 8.42 Å². The molecule has 0 aliphatic carbocycles. The molecule has 0 saturated carbocycles. The van der Waals surface area contributed by atoms with Gasteiger partial charge >= 0.3 is 0 Å². The van der Waals surface area contributed by atoms with E-state index in [2.05, 4.69) is 0 Å². The first-order chi connectivity index (χ1) is 14.4. The summed E-state index contributed by atoms with van der Waals surface area (Å²) in [6.07, 6.45) is 4.58. The number of amides is 1. The van der Waals surface area contributed by atoms with Crippen LogP contribution in [0.1, 0.15) is 47.2 Å². The number of para-hydroxylation sites is 1. The fourth-order valence-electron chi connectivity index (χ4n) is 4.44. The predicted octanol–water partition coefficient (Wildman–Crippen LogP) is 3.77. The molecule has 160 valence electrons. The molecular weight excluding hydrogens is 400 g/mol. The Bertz CT molecular complexity index is 1060. The maximum absolute atomic E-state index is 13.4. The smallest absolute Gasteiger partial charge is 0.258 e. The van der Waals surface area contributed by atoms with E-state index in [0.29, 0.717) is 25.2 Å². The predicted molar refractivity (Wildman–Crippen MR) is 117 cm³/mol. The van der Waals surface area contributed by atoms with Crippen molar-refractivity contribution in [3.05, 3.63) is 53.1 Å². The Labute approximate surface area is 178 Å². The minimum Gasteiger partial charge on any atom is -0.495 e. The van der Waals surface area contributed by atoms with Crippen molar-refractivity contribution < 1.29 is 17.9 Å². The lowest BCUT2D eigenvalue weighted by Crippen LogP contribution is -2.33. The Morgan fingerprint density at radius 2 is 1.73 bits per heavy atom. The van der Waals surface area contributed by atoms with Gasteiger partial charge < -0.3 is 9.64 Å². The van der Waals surface area contributed by atoms with E-state index in [9.17, 15) is 13.2 Å². The van der Waals surface area contributed by atoms with Crippen molar-refractivity contribution in [1.82, 2.24) is 4.31 Å². The van der Waals surface area contributed by atoms with Crippen LogP contribution in [-0.4, -0.2) is 45.4 Å². The molecule has 2 aliphatic rings. The largest absolute Gasteiger partial charge is 0.495 e. The van der Waals surface area contributed by atoms with Gasteiger partial charge in [0.1, 0.15) is 10.6 Å². The summed E-state index contributed by atoms with van der Waals surface area (Å²) in [4.78, 5) is 15.2. The van der Waals surface area contributed by atoms with Crippen LogP contribution in [-0.2, 0) is 16.4 Å². The van der Waals surface area contributed by atoms with Crippen LogP contribution in [0.15, 0.2) is 41.3 Å². The van der Waals surface area contributed by atoms with Crippen LogP contribution in [0, 0.1) is 6.92 Å². The van der Waals surface area contributed by atoms with Crippen molar-refractivity contribution in [2.45, 2.75) is 43.9 Å². The molecule has 0 N–H and O–H groups in total. The van der Waals surface area contributed by atoms with Crippen LogP contribution in [0.5, 0.6) is 5.75 Å². The highest BCUT2D eigenvalue weighted by Gasteiger charge is 2.31. The van der Waals surface area contributed by atoms with Crippen LogP contribution in [0.2, 0.25) is 0 Å². The molecule has 30 heavy (non-hydrogen) atoms. The van der Waals surface area contributed by atoms with Crippen molar-refractivity contribution in [1.29, 1.82) is 0 Å². The molecule has 0 bridgehead atoms. The third-order valence-electron chi connectivity index (χ3n) is 6.03. The van der Waals surface area contributed by atoms with Gasteiger partial charge in [-0.05, 0) is 55.5 Å². The van der Waals surface area contributed by atoms with Crippen molar-refractivity contribution in [2.75, 3.05) is 31.6 Å². The summed E-state index contributed by atoms with van der Waals surface area (Å²) in [5.41, 5.74) is 3.49. The first-order valence-corrected chi connectivity index (χ1v) is 12.0. The maximum Gasteiger partial charge on any atom is 0.258 e. The molecule has 0 unspecified atom stereocenters. The molecule has 2 aliphatic heterocycles. The van der Waals surface area contributed by atoms with E-state index in [1.165, 1.54) is 17.5 Å². The average molecular weight is 429 g/mol. The average Bonchev–Trinajstić information content (AvgIpc) is 2.99. The molecule has 1 saturated heterocycles. The van der Waals surface area contributed by atoms with Crippen LogP contribution in [0.4, 0.5) is 5.69 Å². The van der Waals surface area contributed by atoms with Gasteiger partial charge in [0.15, 0.2) is 0 Å². The molecule has 1 fully saturated rings. The van der Waals surface area contributed by atoms with E-state index in [1.54, 1.807) is 17.0 Å². The third-order valence-corrected chi connectivity index (χ3v) is 7.95. The number of methoxy groups -OCH3 is 1. The number of rotatable bonds is 4. The van der Waals surface area contributed by atoms with Crippen molar-refractivity contribution in [2.24, 2.45) is 0 Å². The second kappa shape index (κ2) is 8.40. The van der Waals surface area contributed by atoms with Gasteiger partial charge in [-0.2, -0.15) is 4.31 Å². The number of anilines is 1. The summed E-state index contributed by atoms with van der Waals surface area (Å²) in [5, 5.41) is 0. The van der Waals surface area contributed by atoms with Crippen LogP contribution < -0.4 is 9.64 Å². The number of carbonyl (C=O) groups is 1. The standard InChI is InChI=1S/C23H28N2O4S/c1-17-8-7-9-18-12-15-25(22(17)18)23(26)19-10-11-20(29-2)21(16-19)30(27,28)24-13-5-3-4-6-14-24/h7-11,16H,3-6,12-15H2,1-2H3. The van der Waals surface area contributed by atoms with E-state index >= 15 is 0 Å². The first-order valence-electron chi connectivity index (χ1n) is 10.5. The zero-order valence-corrected chi connectivity index (χ0v) is 18.4. The molecule has 0 spiro atoms. The summed E-state index contributed by atoms with van der Waals surface area (Å²) in [6.45, 7) is 3.59. The van der Waals surface area contributed by atoms with E-state index in [-0.39, 0.29) is 16.6 Å². The van der Waals surface area contributed by atoms with Crippen molar-refractivity contribution >= 4 is 21.6 Å². The molecule has 2 heterocycles. The zero-order chi connectivity index (χ0) is 21.3. The topological polar surface area (TPSA) is 66.9 Å². The quantitative estimate of drug-likeness (QED) is 0.744. The maximum atomic E-state index is 13.4. The molecule has 2 aromatic rings. The minimum absolute atomic E-state index is 0.0713. The normalized spacial score (nSPS) is 17.5. The molecular formula is C23H28N2O4S. The summed E-state index contributed by atoms with van der Waals surface area (Å²) >= 11 is 0. The number of fused-ring (bicyclic) bond motifs is 1. The Hall–Kier alpha value is -2.38. The van der Waals surface area contributed by atoms with Crippen LogP contribution in [0.25, 0.3) is 0 Å². The highest BCUT2D eigenvalue weighted by molar-refractivity contribution is 7.89. The van der Waals surface area contributed by atoms with Crippen molar-refractivity contribution in [3.8, 4) is 5.75 Å². The summed E-state index contributed by atoms with van der Waals surface area (Å²) in [6, 6.07) is 10.8. The Morgan fingerprint density at radius 1 is 1.00 bits per heavy atom. The Kier molecular flexibility index (Phi) is 5.84. The number of benzene rings is 2. The summed E-state index contributed by atoms with van der Waals surface area (Å²) < 4.78 is 33.7. The SMILES string of the molecule is COc1ccc(C(=O)N2CCc3cccc(C)c32)cc1S(=O)(=O)N1CCCCCC1. The Balaban J connectivity index is 1.71. The number of ether oxygens (including phenoxy) is 1. The molecule has 2 aromatic carbocycles. The number of nitrogens with zero attached hydrogens (tertiary/aromatic N) is 2. The molecule has 0 atom stereocenters. The summed E-state index contributed by atoms with van der Waals surface area (Å²) in [7, 11) is -2.28. The molecule has 7 heteroatoms. The number of sulfonamides is 1. The lowest BCUT2D eigenvalue weighted by molar-refractivity contribution is 0.0989. The molecule has 0 radical (unpaired) electrons. The first kappa shape index (κ1) is 20.9. The van der Waals surface area contributed by atoms with Crippen LogP contribution >= 0.6 is 0 Å². The van der Waals surface area contributed by atoms with E-state index < -0.39 is 10.0 Å². The lowest BCUT2D eigenvalue weighted by atomic mass is 10.1. The summed E-state index contributed by atoms with van der Waals surface area (Å²) in [5.74, 6) is 0.0896. The lowest BCUT2D eigenvalue weighted by Gasteiger charge is -2.23. The number of aryl methyl sites for hydroxylation is 1. The van der Waals surface area contributed by atoms with E-state index in [4.69, 9.17) is 4.74 Å². The number of hydrogen-bond donors (Lipinski definition) is 0. The zero-order valence-electron chi connectivity index (χ0n) is 17.6. The van der Waals surface area contributed by atoms with Crippen LogP contribution in [0.3, 0.4) is 0 Å². The second-order valence-electron chi connectivity index (χ2n) is 7.97. The van der Waals surface area contributed by atoms with E-state index in [0.717, 1.165) is 48.9 Å². The third kappa shape index (κ3) is 3.72. The Morgan fingerprint density at radius 3 is 2.43 bits per heavy atom. The van der Waals surface area contributed by atoms with Gasteiger partial charge in [0.25, 0.3) is 5.91 Å². The van der Waals surface area contributed by atoms with Gasteiger partial charge in [-0.3, -0.25) is 4.79 Å². The fourth-order valence-corrected chi connectivity index (χ4v) is 6.14. The van der Waals surface area contributed by atoms with Gasteiger partial charge in [-0.1, -0.05) is 31.0 Å². The number of carbonyl (C=O) groups excluding carboxylic acids is 1.